The van der Waals surface area contributed by atoms with E-state index in [0.717, 1.165) is 5.52 Å². The summed E-state index contributed by atoms with van der Waals surface area (Å²) in [7, 11) is 0. The summed E-state index contributed by atoms with van der Waals surface area (Å²) < 4.78 is 3.32. The average molecular weight is 215 g/mol. The van der Waals surface area contributed by atoms with E-state index in [0.29, 0.717) is 18.2 Å². The number of hydrogen-bond donors (Lipinski definition) is 1. The van der Waals surface area contributed by atoms with Crippen molar-refractivity contribution in [3.63, 3.8) is 0 Å². The maximum absolute atomic E-state index is 5.46. The highest BCUT2D eigenvalue weighted by Gasteiger charge is 2.07. The molecule has 0 radical (unpaired) electrons. The first-order valence-corrected chi connectivity index (χ1v) is 4.78. The van der Waals surface area contributed by atoms with Crippen molar-refractivity contribution < 1.29 is 0 Å². The molecule has 3 heterocycles. The number of aromatic nitrogens is 6. The van der Waals surface area contributed by atoms with Gasteiger partial charge in [0, 0.05) is 12.4 Å². The summed E-state index contributed by atoms with van der Waals surface area (Å²) in [6.07, 6.45) is 6.75. The van der Waals surface area contributed by atoms with Crippen LogP contribution in [0, 0.1) is 0 Å². The summed E-state index contributed by atoms with van der Waals surface area (Å²) in [5.74, 6) is 1.27. The normalized spacial score (nSPS) is 11.1. The third kappa shape index (κ3) is 1.26. The maximum Gasteiger partial charge on any atom is 0.181 e. The van der Waals surface area contributed by atoms with E-state index in [4.69, 9.17) is 5.73 Å². The molecule has 3 aromatic heterocycles. The van der Waals surface area contributed by atoms with Gasteiger partial charge in [0.2, 0.25) is 0 Å². The predicted molar refractivity (Wildman–Crippen MR) is 55.8 cm³/mol. The molecule has 0 saturated carbocycles. The largest absolute Gasteiger partial charge is 0.324 e. The minimum absolute atomic E-state index is 0.315. The molecule has 0 aliphatic heterocycles. The van der Waals surface area contributed by atoms with Gasteiger partial charge in [0.15, 0.2) is 11.6 Å². The first-order valence-electron chi connectivity index (χ1n) is 4.78. The van der Waals surface area contributed by atoms with E-state index in [2.05, 4.69) is 20.2 Å². The van der Waals surface area contributed by atoms with Crippen LogP contribution in [-0.2, 0) is 6.54 Å². The van der Waals surface area contributed by atoms with E-state index in [-0.39, 0.29) is 0 Å². The lowest BCUT2D eigenvalue weighted by atomic mass is 10.5. The Morgan fingerprint density at radius 1 is 1.25 bits per heavy atom. The zero-order valence-electron chi connectivity index (χ0n) is 8.35. The second-order valence-corrected chi connectivity index (χ2v) is 3.22. The highest BCUT2D eigenvalue weighted by molar-refractivity contribution is 5.58. The molecule has 3 aromatic rings. The Labute approximate surface area is 90.5 Å². The van der Waals surface area contributed by atoms with Gasteiger partial charge in [0.25, 0.3) is 0 Å². The highest BCUT2D eigenvalue weighted by atomic mass is 15.4. The molecule has 0 spiro atoms. The molecule has 0 unspecified atom stereocenters. The van der Waals surface area contributed by atoms with Gasteiger partial charge in [-0.1, -0.05) is 0 Å². The number of rotatable bonds is 2. The van der Waals surface area contributed by atoms with Crippen molar-refractivity contribution >= 4 is 5.52 Å². The van der Waals surface area contributed by atoms with Crippen LogP contribution >= 0.6 is 0 Å². The smallest absolute Gasteiger partial charge is 0.181 e. The topological polar surface area (TPSA) is 86.9 Å². The van der Waals surface area contributed by atoms with Gasteiger partial charge < -0.3 is 5.73 Å². The Balaban J connectivity index is 2.21. The lowest BCUT2D eigenvalue weighted by molar-refractivity contribution is 0.801. The average Bonchev–Trinajstić information content (AvgIpc) is 2.97. The van der Waals surface area contributed by atoms with Crippen LogP contribution in [0.4, 0.5) is 0 Å². The maximum atomic E-state index is 5.46. The second kappa shape index (κ2) is 3.38. The van der Waals surface area contributed by atoms with Crippen molar-refractivity contribution in [3.8, 4) is 5.82 Å². The van der Waals surface area contributed by atoms with Crippen LogP contribution in [0.15, 0.2) is 31.0 Å². The molecule has 0 aromatic carbocycles. The van der Waals surface area contributed by atoms with E-state index in [1.165, 1.54) is 0 Å². The number of hydrogen-bond acceptors (Lipinski definition) is 5. The molecule has 3 rings (SSSR count). The molecule has 0 atom stereocenters. The van der Waals surface area contributed by atoms with Gasteiger partial charge in [-0.15, -0.1) is 5.10 Å². The molecule has 0 amide bonds. The summed E-state index contributed by atoms with van der Waals surface area (Å²) in [5, 5.41) is 8.33. The van der Waals surface area contributed by atoms with Crippen molar-refractivity contribution in [2.75, 3.05) is 0 Å². The molecular weight excluding hydrogens is 206 g/mol. The summed E-state index contributed by atoms with van der Waals surface area (Å²) in [6.45, 7) is 0.315. The van der Waals surface area contributed by atoms with Crippen molar-refractivity contribution in [3.05, 3.63) is 36.8 Å². The first-order chi connectivity index (χ1) is 7.88. The molecule has 0 aliphatic rings. The SMILES string of the molecule is NCc1ncn(-c2nccn3nccc23)n1. The minimum Gasteiger partial charge on any atom is -0.324 e. The van der Waals surface area contributed by atoms with Crippen molar-refractivity contribution in [1.82, 2.24) is 29.4 Å². The van der Waals surface area contributed by atoms with Crippen LogP contribution in [-0.4, -0.2) is 29.4 Å². The molecule has 80 valence electrons. The molecule has 2 N–H and O–H groups in total. The summed E-state index contributed by atoms with van der Waals surface area (Å²) in [6, 6.07) is 1.87. The standard InChI is InChI=1S/C9H9N7/c10-5-8-12-6-16(14-8)9-7-1-2-13-15(7)4-3-11-9/h1-4,6H,5,10H2. The Kier molecular flexibility index (Phi) is 1.90. The Bertz CT molecular complexity index is 623. The second-order valence-electron chi connectivity index (χ2n) is 3.22. The molecule has 0 bridgehead atoms. The summed E-state index contributed by atoms with van der Waals surface area (Å²) >= 11 is 0. The number of nitrogens with zero attached hydrogens (tertiary/aromatic N) is 6. The van der Waals surface area contributed by atoms with Crippen LogP contribution in [0.1, 0.15) is 5.82 Å². The molecule has 16 heavy (non-hydrogen) atoms. The zero-order valence-corrected chi connectivity index (χ0v) is 8.35. The Morgan fingerprint density at radius 2 is 2.19 bits per heavy atom. The number of nitrogens with two attached hydrogens (primary N) is 1. The van der Waals surface area contributed by atoms with E-state index < -0.39 is 0 Å². The molecule has 0 fully saturated rings. The van der Waals surface area contributed by atoms with Crippen molar-refractivity contribution in [2.45, 2.75) is 6.54 Å². The van der Waals surface area contributed by atoms with Crippen LogP contribution in [0.5, 0.6) is 0 Å². The van der Waals surface area contributed by atoms with Crippen LogP contribution in [0.3, 0.4) is 0 Å². The van der Waals surface area contributed by atoms with Gasteiger partial charge in [-0.25, -0.2) is 19.2 Å². The minimum atomic E-state index is 0.315. The molecule has 0 saturated heterocycles. The number of fused-ring (bicyclic) bond motifs is 1. The quantitative estimate of drug-likeness (QED) is 0.638. The molecule has 7 heteroatoms. The molecular formula is C9H9N7. The van der Waals surface area contributed by atoms with Gasteiger partial charge in [-0.3, -0.25) is 0 Å². The van der Waals surface area contributed by atoms with Crippen LogP contribution in [0.25, 0.3) is 11.3 Å². The van der Waals surface area contributed by atoms with Gasteiger partial charge in [-0.05, 0) is 6.07 Å². The summed E-state index contributed by atoms with van der Waals surface area (Å²) in [4.78, 5) is 8.32. The van der Waals surface area contributed by atoms with Gasteiger partial charge in [0.05, 0.1) is 12.7 Å². The van der Waals surface area contributed by atoms with Crippen LogP contribution in [0.2, 0.25) is 0 Å². The fourth-order valence-corrected chi connectivity index (χ4v) is 1.51. The van der Waals surface area contributed by atoms with E-state index in [1.54, 1.807) is 34.1 Å². The van der Waals surface area contributed by atoms with Crippen molar-refractivity contribution in [2.24, 2.45) is 5.73 Å². The predicted octanol–water partition coefficient (Wildman–Crippen LogP) is -0.231. The fourth-order valence-electron chi connectivity index (χ4n) is 1.51. The van der Waals surface area contributed by atoms with E-state index in [9.17, 15) is 0 Å². The van der Waals surface area contributed by atoms with Crippen molar-refractivity contribution in [1.29, 1.82) is 0 Å². The van der Waals surface area contributed by atoms with Gasteiger partial charge in [0.1, 0.15) is 11.8 Å². The molecule has 0 aliphatic carbocycles. The van der Waals surface area contributed by atoms with Gasteiger partial charge in [-0.2, -0.15) is 5.10 Å². The third-order valence-electron chi connectivity index (χ3n) is 2.24. The zero-order chi connectivity index (χ0) is 11.0. The van der Waals surface area contributed by atoms with Gasteiger partial charge >= 0.3 is 0 Å². The Morgan fingerprint density at radius 3 is 3.00 bits per heavy atom. The third-order valence-corrected chi connectivity index (χ3v) is 2.24. The van der Waals surface area contributed by atoms with E-state index in [1.807, 2.05) is 6.07 Å². The lowest BCUT2D eigenvalue weighted by Gasteiger charge is -2.00. The first kappa shape index (κ1) is 8.98. The lowest BCUT2D eigenvalue weighted by Crippen LogP contribution is -2.04. The monoisotopic (exact) mass is 215 g/mol. The molecule has 7 nitrogen and oxygen atoms in total. The van der Waals surface area contributed by atoms with Crippen LogP contribution < -0.4 is 5.73 Å². The highest BCUT2D eigenvalue weighted by Crippen LogP contribution is 2.10. The summed E-state index contributed by atoms with van der Waals surface area (Å²) in [5.41, 5.74) is 6.33. The Hall–Kier alpha value is -2.28. The van der Waals surface area contributed by atoms with E-state index >= 15 is 0 Å². The fraction of sp³-hybridized carbons (Fsp3) is 0.111.